The number of imidazole rings is 2. The number of nitrogens with two attached hydrogens (primary N) is 2. The first-order chi connectivity index (χ1) is 14.0. The highest BCUT2D eigenvalue weighted by molar-refractivity contribution is 5.81. The molecule has 2 rings (SSSR count). The van der Waals surface area contributed by atoms with Gasteiger partial charge in [-0.05, 0) is 0 Å². The van der Waals surface area contributed by atoms with Crippen LogP contribution in [0.15, 0.2) is 22.6 Å². The van der Waals surface area contributed by atoms with Gasteiger partial charge in [0.25, 0.3) is 11.9 Å². The summed E-state index contributed by atoms with van der Waals surface area (Å²) >= 11 is 0. The molecule has 6 N–H and O–H groups in total. The molecule has 160 valence electrons. The summed E-state index contributed by atoms with van der Waals surface area (Å²) in [5.74, 6) is -3.83. The summed E-state index contributed by atoms with van der Waals surface area (Å²) in [6.45, 7) is 2.44. The number of rotatable bonds is 8. The van der Waals surface area contributed by atoms with E-state index in [1.54, 1.807) is 0 Å². The largest absolute Gasteiger partial charge is 0.480 e. The Kier molecular flexibility index (Phi) is 6.86. The first-order valence-corrected chi connectivity index (χ1v) is 8.56. The maximum Gasteiger partial charge on any atom is 0.320 e. The van der Waals surface area contributed by atoms with Crippen LogP contribution in [0.2, 0.25) is 0 Å². The van der Waals surface area contributed by atoms with E-state index in [1.807, 2.05) is 0 Å². The van der Waals surface area contributed by atoms with Crippen molar-refractivity contribution in [3.8, 4) is 0 Å². The monoisotopic (exact) mass is 420 g/mol. The smallest absolute Gasteiger partial charge is 0.320 e. The van der Waals surface area contributed by atoms with Crippen molar-refractivity contribution in [2.75, 3.05) is 0 Å². The number of nitrogens with zero attached hydrogens (tertiary/aromatic N) is 6. The molecule has 0 bridgehead atoms. The van der Waals surface area contributed by atoms with Crippen LogP contribution in [0.4, 0.5) is 11.9 Å². The van der Waals surface area contributed by atoms with Gasteiger partial charge in [0, 0.05) is 38.1 Å². The Hall–Kier alpha value is -3.78. The Labute approximate surface area is 169 Å². The topological polar surface area (TPSA) is 221 Å². The van der Waals surface area contributed by atoms with Gasteiger partial charge in [-0.2, -0.15) is 0 Å². The summed E-state index contributed by atoms with van der Waals surface area (Å²) in [4.78, 5) is 53.7. The van der Waals surface area contributed by atoms with Crippen LogP contribution in [0, 0.1) is 0 Å². The number of hydrogen-bond acceptors (Lipinski definition) is 10. The zero-order chi connectivity index (χ0) is 22.6. The van der Waals surface area contributed by atoms with Gasteiger partial charge in [-0.3, -0.25) is 19.2 Å². The number of carbonyl (C=O) groups is 4. The standard InChI is InChI=1S/C16H20N8O6/c1-7(25)23-9(3-11(17)13(27)28)5-19-15(23)21-22-16-20-6-10(24(16)8(2)26)4-12(18)14(29)30/h5-6,11-12H,3-4,17-18H2,1-2H3,(H,27,28)(H,29,30)/b22-21+. The first-order valence-electron chi connectivity index (χ1n) is 8.56. The third kappa shape index (κ3) is 4.98. The van der Waals surface area contributed by atoms with Gasteiger partial charge in [-0.15, -0.1) is 10.2 Å². The molecule has 2 aromatic heterocycles. The quantitative estimate of drug-likeness (QED) is 0.409. The second-order valence-corrected chi connectivity index (χ2v) is 6.31. The van der Waals surface area contributed by atoms with Gasteiger partial charge in [-0.25, -0.2) is 19.1 Å². The minimum atomic E-state index is -1.25. The second-order valence-electron chi connectivity index (χ2n) is 6.31. The van der Waals surface area contributed by atoms with E-state index in [-0.39, 0.29) is 36.1 Å². The second kappa shape index (κ2) is 9.15. The third-order valence-corrected chi connectivity index (χ3v) is 3.98. The van der Waals surface area contributed by atoms with Gasteiger partial charge >= 0.3 is 11.9 Å². The molecule has 2 unspecified atom stereocenters. The van der Waals surface area contributed by atoms with Crippen molar-refractivity contribution in [1.82, 2.24) is 19.1 Å². The van der Waals surface area contributed by atoms with Crippen LogP contribution < -0.4 is 11.5 Å². The summed E-state index contributed by atoms with van der Waals surface area (Å²) in [5, 5.41) is 25.5. The summed E-state index contributed by atoms with van der Waals surface area (Å²) in [6.07, 6.45) is 2.15. The Bertz CT molecular complexity index is 943. The van der Waals surface area contributed by atoms with E-state index >= 15 is 0 Å². The SMILES string of the molecule is CC(=O)n1c(CC(N)C(=O)O)cnc1/N=N/c1ncc(CC(N)C(=O)O)n1C(C)=O. The van der Waals surface area contributed by atoms with E-state index in [0.717, 1.165) is 9.13 Å². The Morgan fingerprint density at radius 3 is 1.47 bits per heavy atom. The third-order valence-electron chi connectivity index (χ3n) is 3.98. The maximum atomic E-state index is 12.0. The molecule has 30 heavy (non-hydrogen) atoms. The Morgan fingerprint density at radius 1 is 0.867 bits per heavy atom. The molecule has 0 aliphatic heterocycles. The van der Waals surface area contributed by atoms with Crippen molar-refractivity contribution in [3.05, 3.63) is 23.8 Å². The average Bonchev–Trinajstić information content (AvgIpc) is 3.23. The zero-order valence-electron chi connectivity index (χ0n) is 16.1. The lowest BCUT2D eigenvalue weighted by molar-refractivity contribution is -0.139. The van der Waals surface area contributed by atoms with Crippen LogP contribution in [0.25, 0.3) is 0 Å². The van der Waals surface area contributed by atoms with E-state index < -0.39 is 35.8 Å². The van der Waals surface area contributed by atoms with E-state index in [4.69, 9.17) is 21.7 Å². The fraction of sp³-hybridized carbons (Fsp3) is 0.375. The highest BCUT2D eigenvalue weighted by atomic mass is 16.4. The summed E-state index contributed by atoms with van der Waals surface area (Å²) in [6, 6.07) is -2.50. The molecule has 0 amide bonds. The number of carbonyl (C=O) groups excluding carboxylic acids is 2. The molecule has 0 saturated carbocycles. The van der Waals surface area contributed by atoms with E-state index in [2.05, 4.69) is 20.2 Å². The predicted molar refractivity (Wildman–Crippen MR) is 99.9 cm³/mol. The molecule has 0 radical (unpaired) electrons. The lowest BCUT2D eigenvalue weighted by atomic mass is 10.2. The summed E-state index contributed by atoms with van der Waals surface area (Å²) in [5.41, 5.74) is 11.4. The minimum absolute atomic E-state index is 0.169. The van der Waals surface area contributed by atoms with Crippen LogP contribution in [0.5, 0.6) is 0 Å². The lowest BCUT2D eigenvalue weighted by Gasteiger charge is -2.09. The van der Waals surface area contributed by atoms with Crippen molar-refractivity contribution in [2.45, 2.75) is 38.8 Å². The van der Waals surface area contributed by atoms with E-state index in [0.29, 0.717) is 0 Å². The van der Waals surface area contributed by atoms with Gasteiger partial charge in [0.2, 0.25) is 11.8 Å². The molecule has 0 aliphatic carbocycles. The van der Waals surface area contributed by atoms with Crippen LogP contribution in [0.3, 0.4) is 0 Å². The molecule has 0 aliphatic rings. The number of aliphatic carboxylic acids is 2. The van der Waals surface area contributed by atoms with Crippen molar-refractivity contribution >= 4 is 35.6 Å². The van der Waals surface area contributed by atoms with Gasteiger partial charge in [0.15, 0.2) is 0 Å². The van der Waals surface area contributed by atoms with Gasteiger partial charge in [-0.1, -0.05) is 0 Å². The van der Waals surface area contributed by atoms with Crippen molar-refractivity contribution in [2.24, 2.45) is 21.7 Å². The van der Waals surface area contributed by atoms with Crippen LogP contribution >= 0.6 is 0 Å². The summed E-state index contributed by atoms with van der Waals surface area (Å²) < 4.78 is 2.07. The number of carboxylic acid groups (broad SMARTS) is 2. The zero-order valence-corrected chi connectivity index (χ0v) is 16.1. The molecule has 2 aromatic rings. The molecule has 14 nitrogen and oxygen atoms in total. The van der Waals surface area contributed by atoms with Crippen molar-refractivity contribution in [3.63, 3.8) is 0 Å². The van der Waals surface area contributed by atoms with Crippen LogP contribution in [-0.2, 0) is 22.4 Å². The highest BCUT2D eigenvalue weighted by Crippen LogP contribution is 2.21. The van der Waals surface area contributed by atoms with Crippen molar-refractivity contribution < 1.29 is 29.4 Å². The average molecular weight is 420 g/mol. The Morgan fingerprint density at radius 2 is 1.20 bits per heavy atom. The normalized spacial score (nSPS) is 13.3. The molecular formula is C16H20N8O6. The highest BCUT2D eigenvalue weighted by Gasteiger charge is 2.21. The molecule has 14 heteroatoms. The van der Waals surface area contributed by atoms with Gasteiger partial charge < -0.3 is 21.7 Å². The molecular weight excluding hydrogens is 400 g/mol. The fourth-order valence-corrected chi connectivity index (χ4v) is 2.58. The first kappa shape index (κ1) is 22.5. The predicted octanol–water partition coefficient (Wildman–Crippen LogP) is -0.276. The molecule has 0 spiro atoms. The maximum absolute atomic E-state index is 12.0. The van der Waals surface area contributed by atoms with Crippen LogP contribution in [0.1, 0.15) is 34.8 Å². The molecule has 2 atom stereocenters. The molecule has 0 saturated heterocycles. The summed E-state index contributed by atoms with van der Waals surface area (Å²) in [7, 11) is 0. The lowest BCUT2D eigenvalue weighted by Crippen LogP contribution is -2.33. The number of azo groups is 1. The number of carboxylic acids is 2. The van der Waals surface area contributed by atoms with E-state index in [9.17, 15) is 19.2 Å². The minimum Gasteiger partial charge on any atom is -0.480 e. The van der Waals surface area contributed by atoms with Gasteiger partial charge in [0.05, 0.1) is 12.4 Å². The molecule has 0 fully saturated rings. The number of aromatic nitrogens is 4. The van der Waals surface area contributed by atoms with E-state index in [1.165, 1.54) is 26.2 Å². The molecule has 0 aromatic carbocycles. The van der Waals surface area contributed by atoms with Crippen molar-refractivity contribution in [1.29, 1.82) is 0 Å². The number of hydrogen-bond donors (Lipinski definition) is 4. The fourth-order valence-electron chi connectivity index (χ4n) is 2.58. The van der Waals surface area contributed by atoms with Crippen LogP contribution in [-0.4, -0.2) is 65.2 Å². The Balaban J connectivity index is 2.38. The molecule has 2 heterocycles. The van der Waals surface area contributed by atoms with Gasteiger partial charge in [0.1, 0.15) is 12.1 Å².